The molecule has 2 atom stereocenters. The second-order valence-electron chi connectivity index (χ2n) is 6.98. The van der Waals surface area contributed by atoms with Gasteiger partial charge >= 0.3 is 0 Å². The van der Waals surface area contributed by atoms with Crippen LogP contribution in [0.5, 0.6) is 0 Å². The monoisotopic (exact) mass is 349 g/mol. The van der Waals surface area contributed by atoms with Gasteiger partial charge in [-0.15, -0.1) is 0 Å². The molecule has 1 fully saturated rings. The first kappa shape index (κ1) is 16.8. The Kier molecular flexibility index (Phi) is 4.73. The van der Waals surface area contributed by atoms with Crippen molar-refractivity contribution in [1.82, 2.24) is 15.2 Å². The number of aromatic nitrogens is 1. The summed E-state index contributed by atoms with van der Waals surface area (Å²) in [5, 5.41) is 14.0. The summed E-state index contributed by atoms with van der Waals surface area (Å²) in [5.74, 6) is -0.0272. The number of hydrogen-bond acceptors (Lipinski definition) is 3. The second kappa shape index (κ2) is 7.32. The molecule has 2 aromatic carbocycles. The lowest BCUT2D eigenvalue weighted by molar-refractivity contribution is 0.0921. The molecule has 1 aliphatic rings. The topological polar surface area (TPSA) is 68.4 Å². The van der Waals surface area contributed by atoms with Gasteiger partial charge in [0.1, 0.15) is 0 Å². The molecule has 1 aromatic heterocycles. The number of aromatic amines is 1. The van der Waals surface area contributed by atoms with Crippen LogP contribution in [0.1, 0.15) is 15.9 Å². The maximum atomic E-state index is 12.4. The Morgan fingerprint density at radius 2 is 2.00 bits per heavy atom. The highest BCUT2D eigenvalue weighted by Crippen LogP contribution is 2.21. The van der Waals surface area contributed by atoms with Gasteiger partial charge in [-0.2, -0.15) is 0 Å². The summed E-state index contributed by atoms with van der Waals surface area (Å²) in [4.78, 5) is 18.0. The van der Waals surface area contributed by atoms with E-state index in [0.29, 0.717) is 5.56 Å². The Hall–Kier alpha value is -2.63. The van der Waals surface area contributed by atoms with Crippen LogP contribution in [0, 0.1) is 5.92 Å². The summed E-state index contributed by atoms with van der Waals surface area (Å²) < 4.78 is 0. The zero-order chi connectivity index (χ0) is 17.9. The van der Waals surface area contributed by atoms with Gasteiger partial charge in [0, 0.05) is 55.5 Å². The fraction of sp³-hybridized carbons (Fsp3) is 0.286. The Labute approximate surface area is 152 Å². The van der Waals surface area contributed by atoms with E-state index in [1.54, 1.807) is 0 Å². The van der Waals surface area contributed by atoms with Crippen molar-refractivity contribution < 1.29 is 9.90 Å². The molecule has 1 amide bonds. The molecule has 0 unspecified atom stereocenters. The zero-order valence-electron chi connectivity index (χ0n) is 14.6. The number of fused-ring (bicyclic) bond motifs is 1. The quantitative estimate of drug-likeness (QED) is 0.662. The summed E-state index contributed by atoms with van der Waals surface area (Å²) in [6.07, 6.45) is 1.95. The number of likely N-dealkylation sites (tertiary alicyclic amines) is 1. The molecule has 0 saturated carbocycles. The Morgan fingerprint density at radius 3 is 2.81 bits per heavy atom. The molecule has 0 spiro atoms. The van der Waals surface area contributed by atoms with Gasteiger partial charge in [0.2, 0.25) is 0 Å². The number of aliphatic hydroxyl groups is 1. The van der Waals surface area contributed by atoms with E-state index in [2.05, 4.69) is 39.5 Å². The van der Waals surface area contributed by atoms with Crippen molar-refractivity contribution in [3.63, 3.8) is 0 Å². The fourth-order valence-corrected chi connectivity index (χ4v) is 3.73. The molecular weight excluding hydrogens is 326 g/mol. The third-order valence-electron chi connectivity index (χ3n) is 5.13. The van der Waals surface area contributed by atoms with Gasteiger partial charge in [-0.05, 0) is 35.2 Å². The van der Waals surface area contributed by atoms with Crippen molar-refractivity contribution in [2.75, 3.05) is 19.7 Å². The van der Waals surface area contributed by atoms with Crippen molar-refractivity contribution in [3.05, 3.63) is 71.9 Å². The van der Waals surface area contributed by atoms with Gasteiger partial charge in [-0.1, -0.05) is 30.3 Å². The number of carbonyl (C=O) groups is 1. The van der Waals surface area contributed by atoms with Crippen LogP contribution in [-0.4, -0.2) is 46.6 Å². The Morgan fingerprint density at radius 1 is 1.15 bits per heavy atom. The van der Waals surface area contributed by atoms with E-state index < -0.39 is 0 Å². The minimum absolute atomic E-state index is 0.0399. The first-order chi connectivity index (χ1) is 12.7. The van der Waals surface area contributed by atoms with E-state index in [-0.39, 0.29) is 24.5 Å². The number of benzene rings is 2. The van der Waals surface area contributed by atoms with Gasteiger partial charge in [0.25, 0.3) is 5.91 Å². The van der Waals surface area contributed by atoms with Crippen LogP contribution in [0.4, 0.5) is 0 Å². The molecule has 1 aliphatic heterocycles. The van der Waals surface area contributed by atoms with Gasteiger partial charge in [-0.3, -0.25) is 9.69 Å². The molecule has 0 radical (unpaired) electrons. The largest absolute Gasteiger partial charge is 0.396 e. The van der Waals surface area contributed by atoms with Crippen LogP contribution >= 0.6 is 0 Å². The van der Waals surface area contributed by atoms with E-state index in [9.17, 15) is 9.90 Å². The number of H-pyrrole nitrogens is 1. The minimum Gasteiger partial charge on any atom is -0.396 e. The van der Waals surface area contributed by atoms with Crippen molar-refractivity contribution >= 4 is 16.8 Å². The van der Waals surface area contributed by atoms with Gasteiger partial charge in [0.05, 0.1) is 0 Å². The highest BCUT2D eigenvalue weighted by molar-refractivity contribution is 5.94. The van der Waals surface area contributed by atoms with Gasteiger partial charge < -0.3 is 15.4 Å². The van der Waals surface area contributed by atoms with E-state index in [1.165, 1.54) is 10.9 Å². The van der Waals surface area contributed by atoms with Crippen molar-refractivity contribution in [3.8, 4) is 0 Å². The van der Waals surface area contributed by atoms with Crippen LogP contribution in [0.25, 0.3) is 10.9 Å². The summed E-state index contributed by atoms with van der Waals surface area (Å²) in [6.45, 7) is 2.40. The third-order valence-corrected chi connectivity index (χ3v) is 5.13. The number of aliphatic hydroxyl groups excluding tert-OH is 1. The number of amides is 1. The van der Waals surface area contributed by atoms with Gasteiger partial charge in [-0.25, -0.2) is 0 Å². The number of hydrogen-bond donors (Lipinski definition) is 3. The van der Waals surface area contributed by atoms with Crippen molar-refractivity contribution in [2.45, 2.75) is 12.6 Å². The summed E-state index contributed by atoms with van der Waals surface area (Å²) in [5.41, 5.74) is 3.01. The van der Waals surface area contributed by atoms with Crippen molar-refractivity contribution in [2.24, 2.45) is 5.92 Å². The van der Waals surface area contributed by atoms with Crippen molar-refractivity contribution in [1.29, 1.82) is 0 Å². The first-order valence-corrected chi connectivity index (χ1v) is 8.98. The lowest BCUT2D eigenvalue weighted by atomic mass is 10.0. The average Bonchev–Trinajstić information content (AvgIpc) is 3.28. The maximum Gasteiger partial charge on any atom is 0.251 e. The molecule has 2 heterocycles. The van der Waals surface area contributed by atoms with Crippen LogP contribution in [0.3, 0.4) is 0 Å². The fourth-order valence-electron chi connectivity index (χ4n) is 3.73. The Bertz CT molecular complexity index is 890. The van der Waals surface area contributed by atoms with E-state index in [4.69, 9.17) is 0 Å². The van der Waals surface area contributed by atoms with E-state index >= 15 is 0 Å². The third kappa shape index (κ3) is 3.49. The highest BCUT2D eigenvalue weighted by atomic mass is 16.3. The van der Waals surface area contributed by atoms with Crippen LogP contribution in [-0.2, 0) is 6.54 Å². The number of nitrogens with one attached hydrogen (secondary N) is 2. The maximum absolute atomic E-state index is 12.4. The van der Waals surface area contributed by atoms with Crippen LogP contribution in [0.15, 0.2) is 60.8 Å². The average molecular weight is 349 g/mol. The highest BCUT2D eigenvalue weighted by Gasteiger charge is 2.33. The molecule has 0 bridgehead atoms. The predicted molar refractivity (Wildman–Crippen MR) is 102 cm³/mol. The normalized spacial score (nSPS) is 20.5. The zero-order valence-corrected chi connectivity index (χ0v) is 14.6. The van der Waals surface area contributed by atoms with E-state index in [1.807, 2.05) is 36.5 Å². The minimum atomic E-state index is -0.0799. The summed E-state index contributed by atoms with van der Waals surface area (Å²) >= 11 is 0. The predicted octanol–water partition coefficient (Wildman–Crippen LogP) is 2.39. The first-order valence-electron chi connectivity index (χ1n) is 8.98. The SMILES string of the molecule is O=C(N[C@@H]1CN(Cc2ccc3cc[nH]c3c2)C[C@H]1CO)c1ccccc1. The summed E-state index contributed by atoms with van der Waals surface area (Å²) in [7, 11) is 0. The molecule has 1 saturated heterocycles. The Balaban J connectivity index is 1.42. The standard InChI is InChI=1S/C21H23N3O2/c25-14-18-12-24(11-15-6-7-16-8-9-22-19(16)10-15)13-20(18)23-21(26)17-4-2-1-3-5-17/h1-10,18,20,22,25H,11-14H2,(H,23,26)/t18-,20+/m0/s1. The summed E-state index contributed by atoms with van der Waals surface area (Å²) in [6, 6.07) is 17.7. The molecule has 4 rings (SSSR count). The molecule has 26 heavy (non-hydrogen) atoms. The lowest BCUT2D eigenvalue weighted by Gasteiger charge is -2.18. The number of rotatable bonds is 5. The molecule has 3 aromatic rings. The van der Waals surface area contributed by atoms with E-state index in [0.717, 1.165) is 25.2 Å². The lowest BCUT2D eigenvalue weighted by Crippen LogP contribution is -2.41. The molecule has 134 valence electrons. The molecule has 5 nitrogen and oxygen atoms in total. The number of carbonyl (C=O) groups excluding carboxylic acids is 1. The molecule has 0 aliphatic carbocycles. The molecular formula is C21H23N3O2. The number of nitrogens with zero attached hydrogens (tertiary/aromatic N) is 1. The van der Waals surface area contributed by atoms with Crippen LogP contribution in [0.2, 0.25) is 0 Å². The molecule has 5 heteroatoms. The molecule has 3 N–H and O–H groups in total. The second-order valence-corrected chi connectivity index (χ2v) is 6.98. The van der Waals surface area contributed by atoms with Gasteiger partial charge in [0.15, 0.2) is 0 Å². The van der Waals surface area contributed by atoms with Crippen LogP contribution < -0.4 is 5.32 Å². The smallest absolute Gasteiger partial charge is 0.251 e.